The van der Waals surface area contributed by atoms with Gasteiger partial charge in [-0.05, 0) is 19.8 Å². The van der Waals surface area contributed by atoms with E-state index in [9.17, 15) is 10.3 Å². The minimum absolute atomic E-state index is 0.454. The van der Waals surface area contributed by atoms with Gasteiger partial charge in [-0.3, -0.25) is 0 Å². The highest BCUT2D eigenvalue weighted by Crippen LogP contribution is 2.28. The van der Waals surface area contributed by atoms with Crippen molar-refractivity contribution >= 4 is 0 Å². The summed E-state index contributed by atoms with van der Waals surface area (Å²) in [5.74, 6) is 0. The van der Waals surface area contributed by atoms with Gasteiger partial charge < -0.3 is 10.3 Å². The van der Waals surface area contributed by atoms with E-state index in [1.165, 1.54) is 25.7 Å². The molecular weight excluding hydrogens is 178 g/mol. The summed E-state index contributed by atoms with van der Waals surface area (Å²) in [5.41, 5.74) is 1.91. The quantitative estimate of drug-likeness (QED) is 0.600. The maximum Gasteiger partial charge on any atom is 0.0715 e. The Labute approximate surface area is 86.5 Å². The first kappa shape index (κ1) is 12.0. The van der Waals surface area contributed by atoms with E-state index in [1.807, 2.05) is 0 Å². The van der Waals surface area contributed by atoms with Gasteiger partial charge in [0.15, 0.2) is 0 Å². The van der Waals surface area contributed by atoms with Gasteiger partial charge in [0.1, 0.15) is 0 Å². The molecule has 0 aromatic carbocycles. The Morgan fingerprint density at radius 1 is 1.00 bits per heavy atom. The summed E-state index contributed by atoms with van der Waals surface area (Å²) in [6.07, 6.45) is 8.49. The molecule has 3 N–H and O–H groups in total. The van der Waals surface area contributed by atoms with Crippen molar-refractivity contribution in [2.75, 3.05) is 0 Å². The molecule has 1 fully saturated rings. The van der Waals surface area contributed by atoms with E-state index in [1.54, 1.807) is 6.92 Å². The van der Waals surface area contributed by atoms with E-state index >= 15 is 0 Å². The maximum absolute atomic E-state index is 9.71. The van der Waals surface area contributed by atoms with Crippen molar-refractivity contribution in [2.24, 2.45) is 0 Å². The van der Waals surface area contributed by atoms with Gasteiger partial charge in [0.2, 0.25) is 0 Å². The highest BCUT2D eigenvalue weighted by atomic mass is 16.5. The second-order valence-corrected chi connectivity index (χ2v) is 4.57. The molecule has 0 radical (unpaired) electrons. The average molecular weight is 201 g/mol. The first-order valence-corrected chi connectivity index (χ1v) is 5.80. The third-order valence-corrected chi connectivity index (χ3v) is 3.52. The zero-order valence-electron chi connectivity index (χ0n) is 9.13. The minimum atomic E-state index is -0.481. The molecule has 1 rings (SSSR count). The number of aliphatic hydroxyl groups excluding tert-OH is 1. The Bertz CT molecular complexity index is 149. The zero-order valence-corrected chi connectivity index (χ0v) is 9.13. The first-order valence-electron chi connectivity index (χ1n) is 5.80. The molecule has 3 nitrogen and oxygen atoms in total. The number of hydroxylamine groups is 1. The number of hydrogen-bond donors (Lipinski definition) is 3. The summed E-state index contributed by atoms with van der Waals surface area (Å²) in [6, 6.07) is 0. The summed E-state index contributed by atoms with van der Waals surface area (Å²) in [4.78, 5) is 0. The molecule has 0 aromatic heterocycles. The second kappa shape index (κ2) is 5.69. The fraction of sp³-hybridized carbons (Fsp3) is 1.00. The number of rotatable bonds is 2. The molecule has 84 valence electrons. The second-order valence-electron chi connectivity index (χ2n) is 4.57. The molecule has 0 heterocycles. The van der Waals surface area contributed by atoms with E-state index in [0.717, 1.165) is 25.7 Å². The molecule has 3 heteroatoms. The molecule has 1 saturated carbocycles. The summed E-state index contributed by atoms with van der Waals surface area (Å²) >= 11 is 0. The van der Waals surface area contributed by atoms with E-state index in [2.05, 4.69) is 5.48 Å². The van der Waals surface area contributed by atoms with Crippen LogP contribution in [0.5, 0.6) is 0 Å². The van der Waals surface area contributed by atoms with Gasteiger partial charge in [-0.15, -0.1) is 0 Å². The van der Waals surface area contributed by atoms with Gasteiger partial charge in [-0.2, -0.15) is 5.48 Å². The third kappa shape index (κ3) is 2.94. The monoisotopic (exact) mass is 201 g/mol. The lowest BCUT2D eigenvalue weighted by atomic mass is 9.84. The Kier molecular flexibility index (Phi) is 4.85. The van der Waals surface area contributed by atoms with E-state index in [-0.39, 0.29) is 0 Å². The minimum Gasteiger partial charge on any atom is -0.391 e. The summed E-state index contributed by atoms with van der Waals surface area (Å²) in [7, 11) is 0. The van der Waals surface area contributed by atoms with Crippen molar-refractivity contribution in [1.29, 1.82) is 0 Å². The third-order valence-electron chi connectivity index (χ3n) is 3.52. The van der Waals surface area contributed by atoms with Crippen LogP contribution in [0.3, 0.4) is 0 Å². The predicted octanol–water partition coefficient (Wildman–Crippen LogP) is 2.22. The van der Waals surface area contributed by atoms with Gasteiger partial charge in [0, 0.05) is 0 Å². The molecule has 14 heavy (non-hydrogen) atoms. The molecule has 0 unspecified atom stereocenters. The van der Waals surface area contributed by atoms with Crippen molar-refractivity contribution < 1.29 is 10.3 Å². The van der Waals surface area contributed by atoms with Gasteiger partial charge in [-0.1, -0.05) is 38.5 Å². The van der Waals surface area contributed by atoms with Crippen molar-refractivity contribution in [3.05, 3.63) is 0 Å². The standard InChI is InChI=1S/C11H23NO2/c1-10(13)11(12-14)8-6-4-2-3-5-7-9-11/h10,12-14H,2-9H2,1H3/t10-/m0/s1. The maximum atomic E-state index is 9.71. The van der Waals surface area contributed by atoms with Crippen LogP contribution in [-0.2, 0) is 0 Å². The van der Waals surface area contributed by atoms with Gasteiger partial charge in [-0.25, -0.2) is 0 Å². The Morgan fingerprint density at radius 2 is 1.43 bits per heavy atom. The molecule has 1 aliphatic rings. The first-order chi connectivity index (χ1) is 6.71. The fourth-order valence-electron chi connectivity index (χ4n) is 2.34. The van der Waals surface area contributed by atoms with E-state index in [4.69, 9.17) is 0 Å². The van der Waals surface area contributed by atoms with Gasteiger partial charge >= 0.3 is 0 Å². The van der Waals surface area contributed by atoms with E-state index < -0.39 is 11.6 Å². The van der Waals surface area contributed by atoms with Crippen LogP contribution in [0, 0.1) is 0 Å². The average Bonchev–Trinajstić information content (AvgIpc) is 2.29. The van der Waals surface area contributed by atoms with Crippen LogP contribution in [0.25, 0.3) is 0 Å². The zero-order chi connectivity index (χ0) is 10.4. The van der Waals surface area contributed by atoms with Crippen molar-refractivity contribution in [2.45, 2.75) is 69.9 Å². The molecule has 0 bridgehead atoms. The van der Waals surface area contributed by atoms with Crippen LogP contribution in [0.15, 0.2) is 0 Å². The summed E-state index contributed by atoms with van der Waals surface area (Å²) in [6.45, 7) is 1.76. The molecule has 1 atom stereocenters. The van der Waals surface area contributed by atoms with E-state index in [0.29, 0.717) is 0 Å². The molecule has 0 saturated heterocycles. The van der Waals surface area contributed by atoms with Crippen LogP contribution in [-0.4, -0.2) is 22.0 Å². The van der Waals surface area contributed by atoms with Crippen LogP contribution >= 0.6 is 0 Å². The normalized spacial score (nSPS) is 25.9. The highest BCUT2D eigenvalue weighted by molar-refractivity contribution is 4.90. The van der Waals surface area contributed by atoms with Crippen molar-refractivity contribution in [3.8, 4) is 0 Å². The largest absolute Gasteiger partial charge is 0.391 e. The predicted molar refractivity (Wildman–Crippen MR) is 56.3 cm³/mol. The van der Waals surface area contributed by atoms with Crippen LogP contribution in [0.1, 0.15) is 58.3 Å². The fourth-order valence-corrected chi connectivity index (χ4v) is 2.34. The molecule has 0 aliphatic heterocycles. The molecule has 1 aliphatic carbocycles. The highest BCUT2D eigenvalue weighted by Gasteiger charge is 2.34. The lowest BCUT2D eigenvalue weighted by molar-refractivity contribution is -0.0323. The Balaban J connectivity index is 2.59. The summed E-state index contributed by atoms with van der Waals surface area (Å²) < 4.78 is 0. The molecule has 0 spiro atoms. The number of nitrogens with one attached hydrogen (secondary N) is 1. The van der Waals surface area contributed by atoms with Crippen LogP contribution < -0.4 is 5.48 Å². The van der Waals surface area contributed by atoms with Gasteiger partial charge in [0.25, 0.3) is 0 Å². The topological polar surface area (TPSA) is 52.5 Å². The number of aliphatic hydroxyl groups is 1. The SMILES string of the molecule is C[C@H](O)C1(NO)CCCCCCCC1. The van der Waals surface area contributed by atoms with Crippen molar-refractivity contribution in [3.63, 3.8) is 0 Å². The van der Waals surface area contributed by atoms with Gasteiger partial charge in [0.05, 0.1) is 11.6 Å². The number of hydrogen-bond acceptors (Lipinski definition) is 3. The Morgan fingerprint density at radius 3 is 1.79 bits per heavy atom. The lowest BCUT2D eigenvalue weighted by Gasteiger charge is -2.35. The lowest BCUT2D eigenvalue weighted by Crippen LogP contribution is -2.52. The Hall–Kier alpha value is -0.120. The molecule has 0 amide bonds. The smallest absolute Gasteiger partial charge is 0.0715 e. The van der Waals surface area contributed by atoms with Crippen molar-refractivity contribution in [1.82, 2.24) is 5.48 Å². The molecule has 0 aromatic rings. The molecular formula is C11H23NO2. The van der Waals surface area contributed by atoms with Crippen LogP contribution in [0.2, 0.25) is 0 Å². The van der Waals surface area contributed by atoms with Crippen LogP contribution in [0.4, 0.5) is 0 Å². The summed E-state index contributed by atoms with van der Waals surface area (Å²) in [5, 5.41) is 18.9.